The van der Waals surface area contributed by atoms with Crippen molar-refractivity contribution in [2.45, 2.75) is 6.61 Å². The summed E-state index contributed by atoms with van der Waals surface area (Å²) in [4.78, 5) is 18.0. The molecule has 1 aliphatic heterocycles. The van der Waals surface area contributed by atoms with Crippen LogP contribution < -0.4 is 5.32 Å². The number of aliphatic imine (C=N–C) groups is 1. The van der Waals surface area contributed by atoms with Crippen LogP contribution in [0.25, 0.3) is 16.5 Å². The van der Waals surface area contributed by atoms with Crippen molar-refractivity contribution >= 4 is 45.1 Å². The molecule has 32 heavy (non-hydrogen) atoms. The van der Waals surface area contributed by atoms with Gasteiger partial charge in [-0.3, -0.25) is 4.79 Å². The zero-order valence-electron chi connectivity index (χ0n) is 17.2. The van der Waals surface area contributed by atoms with E-state index in [0.29, 0.717) is 22.4 Å². The number of carbonyl (C=O) groups is 1. The molecule has 0 radical (unpaired) electrons. The monoisotopic (exact) mass is 436 g/mol. The predicted molar refractivity (Wildman–Crippen MR) is 131 cm³/mol. The van der Waals surface area contributed by atoms with Crippen LogP contribution in [0, 0.1) is 0 Å². The first-order valence-corrected chi connectivity index (χ1v) is 11.1. The molecule has 5 rings (SSSR count). The zero-order chi connectivity index (χ0) is 21.8. The maximum atomic E-state index is 12.9. The lowest BCUT2D eigenvalue weighted by Crippen LogP contribution is -2.20. The van der Waals surface area contributed by atoms with Crippen molar-refractivity contribution < 1.29 is 9.53 Å². The second-order valence-corrected chi connectivity index (χ2v) is 8.30. The Balaban J connectivity index is 1.54. The Morgan fingerprint density at radius 1 is 0.812 bits per heavy atom. The molecule has 0 aromatic heterocycles. The van der Waals surface area contributed by atoms with Crippen LogP contribution in [0.1, 0.15) is 11.1 Å². The second kappa shape index (κ2) is 9.12. The predicted octanol–water partition coefficient (Wildman–Crippen LogP) is 6.28. The van der Waals surface area contributed by atoms with Crippen LogP contribution in [0.5, 0.6) is 0 Å². The van der Waals surface area contributed by atoms with Crippen LogP contribution in [0.15, 0.2) is 113 Å². The van der Waals surface area contributed by atoms with Gasteiger partial charge in [0.15, 0.2) is 5.17 Å². The van der Waals surface area contributed by atoms with Gasteiger partial charge in [-0.05, 0) is 46.3 Å². The topological polar surface area (TPSA) is 50.7 Å². The van der Waals surface area contributed by atoms with E-state index in [0.717, 1.165) is 27.6 Å². The lowest BCUT2D eigenvalue weighted by molar-refractivity contribution is -0.115. The van der Waals surface area contributed by atoms with E-state index >= 15 is 0 Å². The quantitative estimate of drug-likeness (QED) is 0.296. The molecule has 1 amide bonds. The van der Waals surface area contributed by atoms with Gasteiger partial charge in [-0.15, -0.1) is 0 Å². The largest absolute Gasteiger partial charge is 0.487 e. The van der Waals surface area contributed by atoms with Gasteiger partial charge in [-0.2, -0.15) is 0 Å². The number of amidine groups is 1. The van der Waals surface area contributed by atoms with E-state index in [1.807, 2.05) is 84.9 Å². The van der Waals surface area contributed by atoms with Gasteiger partial charge in [0, 0.05) is 5.56 Å². The molecular weight excluding hydrogens is 416 g/mol. The maximum absolute atomic E-state index is 12.9. The lowest BCUT2D eigenvalue weighted by Gasteiger charge is -2.13. The van der Waals surface area contributed by atoms with Gasteiger partial charge in [0.1, 0.15) is 17.3 Å². The number of hydrogen-bond acceptors (Lipinski definition) is 4. The molecule has 0 saturated carbocycles. The van der Waals surface area contributed by atoms with E-state index in [9.17, 15) is 4.79 Å². The maximum Gasteiger partial charge on any atom is 0.267 e. The van der Waals surface area contributed by atoms with Crippen molar-refractivity contribution in [2.75, 3.05) is 0 Å². The van der Waals surface area contributed by atoms with E-state index in [4.69, 9.17) is 4.74 Å². The number of fused-ring (bicyclic) bond motifs is 1. The fourth-order valence-electron chi connectivity index (χ4n) is 3.48. The third kappa shape index (κ3) is 4.43. The highest BCUT2D eigenvalue weighted by molar-refractivity contribution is 8.18. The smallest absolute Gasteiger partial charge is 0.267 e. The molecular formula is C27H20N2O2S. The van der Waals surface area contributed by atoms with E-state index in [-0.39, 0.29) is 5.91 Å². The third-order valence-corrected chi connectivity index (χ3v) is 6.02. The minimum atomic E-state index is -0.207. The molecule has 4 aromatic carbocycles. The molecule has 1 aliphatic rings. The Labute approximate surface area is 190 Å². The third-order valence-electron chi connectivity index (χ3n) is 5.06. The van der Waals surface area contributed by atoms with Crippen LogP contribution in [0.4, 0.5) is 5.69 Å². The molecule has 0 spiro atoms. The minimum absolute atomic E-state index is 0.207. The van der Waals surface area contributed by atoms with Crippen molar-refractivity contribution in [1.29, 1.82) is 0 Å². The molecule has 0 unspecified atom stereocenters. The summed E-state index contributed by atoms with van der Waals surface area (Å²) in [6.45, 7) is 0.367. The number of nitrogens with one attached hydrogen (secondary N) is 1. The van der Waals surface area contributed by atoms with Crippen molar-refractivity contribution in [3.05, 3.63) is 119 Å². The highest BCUT2D eigenvalue weighted by Crippen LogP contribution is 2.35. The van der Waals surface area contributed by atoms with Gasteiger partial charge in [-0.25, -0.2) is 4.99 Å². The fourth-order valence-corrected chi connectivity index (χ4v) is 4.38. The summed E-state index contributed by atoms with van der Waals surface area (Å²) < 4.78 is 6.26. The van der Waals surface area contributed by atoms with E-state index in [2.05, 4.69) is 28.5 Å². The van der Waals surface area contributed by atoms with Gasteiger partial charge >= 0.3 is 0 Å². The molecule has 1 heterocycles. The summed E-state index contributed by atoms with van der Waals surface area (Å²) in [5, 5.41) is 5.64. The average Bonchev–Trinajstić information content (AvgIpc) is 3.20. The number of benzene rings is 4. The Morgan fingerprint density at radius 3 is 2.28 bits per heavy atom. The van der Waals surface area contributed by atoms with Gasteiger partial charge in [0.25, 0.3) is 5.91 Å². The number of para-hydroxylation sites is 1. The van der Waals surface area contributed by atoms with Crippen molar-refractivity contribution in [3.8, 4) is 0 Å². The molecule has 0 aliphatic carbocycles. The molecule has 5 heteroatoms. The lowest BCUT2D eigenvalue weighted by atomic mass is 10.1. The molecule has 4 nitrogen and oxygen atoms in total. The summed E-state index contributed by atoms with van der Waals surface area (Å²) >= 11 is 1.30. The standard InChI is InChI=1S/C27H20N2O2S/c30-26-25(32-27(29-26)28-23-13-5-2-6-14-23)24(31-18-19-9-3-1-4-10-19)22-16-15-20-11-7-8-12-21(20)17-22/h1-17H,18H2,(H,28,29,30). The summed E-state index contributed by atoms with van der Waals surface area (Å²) in [5.74, 6) is 0.348. The highest BCUT2D eigenvalue weighted by Gasteiger charge is 2.29. The van der Waals surface area contributed by atoms with Crippen LogP contribution in [0.3, 0.4) is 0 Å². The first-order valence-electron chi connectivity index (χ1n) is 10.3. The van der Waals surface area contributed by atoms with E-state index < -0.39 is 0 Å². The van der Waals surface area contributed by atoms with Gasteiger partial charge in [0.2, 0.25) is 0 Å². The number of amides is 1. The Kier molecular flexibility index (Phi) is 5.73. The fraction of sp³-hybridized carbons (Fsp3) is 0.0370. The van der Waals surface area contributed by atoms with Crippen molar-refractivity contribution in [1.82, 2.24) is 5.32 Å². The zero-order valence-corrected chi connectivity index (χ0v) is 18.0. The van der Waals surface area contributed by atoms with Gasteiger partial charge < -0.3 is 10.1 Å². The molecule has 1 fully saturated rings. The summed E-state index contributed by atoms with van der Waals surface area (Å²) in [5.41, 5.74) is 2.68. The number of nitrogens with zero attached hydrogens (tertiary/aromatic N) is 1. The normalized spacial score (nSPS) is 16.2. The molecule has 4 aromatic rings. The van der Waals surface area contributed by atoms with Crippen molar-refractivity contribution in [3.63, 3.8) is 0 Å². The Morgan fingerprint density at radius 2 is 1.50 bits per heavy atom. The Hall–Kier alpha value is -3.83. The summed E-state index contributed by atoms with van der Waals surface area (Å²) in [7, 11) is 0. The van der Waals surface area contributed by atoms with Crippen LogP contribution in [0.2, 0.25) is 0 Å². The molecule has 156 valence electrons. The first-order chi connectivity index (χ1) is 15.8. The summed E-state index contributed by atoms with van der Waals surface area (Å²) in [6.07, 6.45) is 0. The van der Waals surface area contributed by atoms with E-state index in [1.165, 1.54) is 11.8 Å². The number of hydrogen-bond donors (Lipinski definition) is 1. The molecule has 1 saturated heterocycles. The molecule has 0 bridgehead atoms. The van der Waals surface area contributed by atoms with Crippen molar-refractivity contribution in [2.24, 2.45) is 4.99 Å². The number of ether oxygens (including phenoxy) is 1. The van der Waals surface area contributed by atoms with Crippen LogP contribution in [-0.4, -0.2) is 11.1 Å². The minimum Gasteiger partial charge on any atom is -0.487 e. The number of thioether (sulfide) groups is 1. The first kappa shape index (κ1) is 20.1. The van der Waals surface area contributed by atoms with Crippen LogP contribution in [-0.2, 0) is 16.1 Å². The Bertz CT molecular complexity index is 1330. The molecule has 0 atom stereocenters. The SMILES string of the molecule is O=C1NC(=Nc2ccccc2)SC1=C(OCc1ccccc1)c1ccc2ccccc2c1. The summed E-state index contributed by atoms with van der Waals surface area (Å²) in [6, 6.07) is 33.8. The van der Waals surface area contributed by atoms with Gasteiger partial charge in [-0.1, -0.05) is 84.9 Å². The van der Waals surface area contributed by atoms with E-state index in [1.54, 1.807) is 0 Å². The highest BCUT2D eigenvalue weighted by atomic mass is 32.2. The molecule has 1 N–H and O–H groups in total. The number of carbonyl (C=O) groups excluding carboxylic acids is 1. The van der Waals surface area contributed by atoms with Gasteiger partial charge in [0.05, 0.1) is 5.69 Å². The second-order valence-electron chi connectivity index (χ2n) is 7.30. The number of rotatable bonds is 5. The average molecular weight is 437 g/mol. The van der Waals surface area contributed by atoms with Crippen LogP contribution >= 0.6 is 11.8 Å².